The number of fused-ring (bicyclic) bond motifs is 1. The van der Waals surface area contributed by atoms with Gasteiger partial charge in [-0.2, -0.15) is 0 Å². The summed E-state index contributed by atoms with van der Waals surface area (Å²) in [4.78, 5) is 1.31. The van der Waals surface area contributed by atoms with Crippen LogP contribution in [0, 0.1) is 0 Å². The van der Waals surface area contributed by atoms with Crippen LogP contribution in [0.15, 0.2) is 59.5 Å². The summed E-state index contributed by atoms with van der Waals surface area (Å²) in [6, 6.07) is 16.2. The molecule has 0 aromatic heterocycles. The van der Waals surface area contributed by atoms with E-state index in [0.29, 0.717) is 5.37 Å². The van der Waals surface area contributed by atoms with E-state index in [9.17, 15) is 0 Å². The molecule has 3 rings (SSSR count). The van der Waals surface area contributed by atoms with Crippen molar-refractivity contribution in [2.75, 3.05) is 5.32 Å². The molecule has 1 N–H and O–H groups in total. The smallest absolute Gasteiger partial charge is 0.0960 e. The highest BCUT2D eigenvalue weighted by molar-refractivity contribution is 8.00. The summed E-state index contributed by atoms with van der Waals surface area (Å²) in [5.74, 6) is 0. The van der Waals surface area contributed by atoms with Crippen LogP contribution < -0.4 is 5.32 Å². The third-order valence-corrected chi connectivity index (χ3v) is 4.16. The molecule has 0 aliphatic carbocycles. The quantitative estimate of drug-likeness (QED) is 0.835. The first kappa shape index (κ1) is 11.7. The van der Waals surface area contributed by atoms with Gasteiger partial charge in [-0.05, 0) is 29.8 Å². The first-order chi connectivity index (χ1) is 8.81. The van der Waals surface area contributed by atoms with E-state index in [4.69, 9.17) is 11.6 Å². The second-order valence-corrected chi connectivity index (χ2v) is 5.71. The van der Waals surface area contributed by atoms with E-state index in [1.54, 1.807) is 0 Å². The number of hydrogen-bond acceptors (Lipinski definition) is 2. The fourth-order valence-corrected chi connectivity index (χ4v) is 3.02. The van der Waals surface area contributed by atoms with E-state index >= 15 is 0 Å². The molecule has 0 unspecified atom stereocenters. The number of para-hydroxylation sites is 1. The summed E-state index contributed by atoms with van der Waals surface area (Å²) in [5.41, 5.74) is 2.38. The molecule has 0 radical (unpaired) electrons. The van der Waals surface area contributed by atoms with Crippen molar-refractivity contribution in [3.05, 3.63) is 65.2 Å². The molecule has 0 amide bonds. The topological polar surface area (TPSA) is 12.0 Å². The van der Waals surface area contributed by atoms with Gasteiger partial charge in [0.1, 0.15) is 0 Å². The van der Waals surface area contributed by atoms with Crippen molar-refractivity contribution in [3.63, 3.8) is 0 Å². The Balaban J connectivity index is 1.71. The molecule has 1 heterocycles. The minimum atomic E-state index is 0.304. The number of nitrogens with one attached hydrogen (secondary N) is 1. The first-order valence-corrected chi connectivity index (χ1v) is 7.03. The highest BCUT2D eigenvalue weighted by Crippen LogP contribution is 2.38. The van der Waals surface area contributed by atoms with Crippen molar-refractivity contribution >= 4 is 35.1 Å². The van der Waals surface area contributed by atoms with Crippen LogP contribution >= 0.6 is 23.4 Å². The number of hydrogen-bond donors (Lipinski definition) is 1. The van der Waals surface area contributed by atoms with Crippen LogP contribution in [0.1, 0.15) is 5.56 Å². The second kappa shape index (κ2) is 5.09. The minimum absolute atomic E-state index is 0.304. The van der Waals surface area contributed by atoms with Crippen LogP contribution in [0.25, 0.3) is 6.08 Å². The number of halogens is 1. The third-order valence-electron chi connectivity index (χ3n) is 2.77. The lowest BCUT2D eigenvalue weighted by Crippen LogP contribution is -2.05. The summed E-state index contributed by atoms with van der Waals surface area (Å²) >= 11 is 7.69. The molecular formula is C15H12ClNS. The molecule has 0 spiro atoms. The van der Waals surface area contributed by atoms with E-state index in [2.05, 4.69) is 41.7 Å². The molecule has 1 atom stereocenters. The van der Waals surface area contributed by atoms with Gasteiger partial charge in [0.2, 0.25) is 0 Å². The first-order valence-electron chi connectivity index (χ1n) is 5.77. The number of anilines is 1. The standard InChI is InChI=1S/C15H12ClNS/c16-12-8-5-11(6-9-12)7-10-15-17-13-3-1-2-4-14(13)18-15/h1-10,15,17H/b10-7+/t15-/m1/s1. The molecule has 18 heavy (non-hydrogen) atoms. The van der Waals surface area contributed by atoms with Gasteiger partial charge in [0.15, 0.2) is 0 Å². The van der Waals surface area contributed by atoms with Crippen LogP contribution in [-0.4, -0.2) is 5.37 Å². The van der Waals surface area contributed by atoms with Crippen LogP contribution in [0.4, 0.5) is 5.69 Å². The summed E-state index contributed by atoms with van der Waals surface area (Å²) in [7, 11) is 0. The lowest BCUT2D eigenvalue weighted by atomic mass is 10.2. The molecule has 2 aromatic rings. The molecule has 90 valence electrons. The molecule has 1 nitrogen and oxygen atoms in total. The van der Waals surface area contributed by atoms with E-state index in [0.717, 1.165) is 10.6 Å². The van der Waals surface area contributed by atoms with Crippen molar-refractivity contribution in [2.24, 2.45) is 0 Å². The lowest BCUT2D eigenvalue weighted by Gasteiger charge is -2.03. The van der Waals surface area contributed by atoms with E-state index in [1.807, 2.05) is 36.0 Å². The Labute approximate surface area is 116 Å². The Kier molecular flexibility index (Phi) is 3.31. The van der Waals surface area contributed by atoms with Gasteiger partial charge in [-0.15, -0.1) is 0 Å². The average Bonchev–Trinajstić information content (AvgIpc) is 2.81. The van der Waals surface area contributed by atoms with Crippen LogP contribution in [0.5, 0.6) is 0 Å². The van der Waals surface area contributed by atoms with Gasteiger partial charge in [0.25, 0.3) is 0 Å². The maximum atomic E-state index is 5.86. The van der Waals surface area contributed by atoms with Gasteiger partial charge in [-0.3, -0.25) is 0 Å². The van der Waals surface area contributed by atoms with Crippen molar-refractivity contribution in [3.8, 4) is 0 Å². The number of thioether (sulfide) groups is 1. The third kappa shape index (κ3) is 2.55. The highest BCUT2D eigenvalue weighted by Gasteiger charge is 2.17. The molecule has 3 heteroatoms. The van der Waals surface area contributed by atoms with E-state index in [1.165, 1.54) is 10.6 Å². The van der Waals surface area contributed by atoms with Gasteiger partial charge in [-0.25, -0.2) is 0 Å². The van der Waals surface area contributed by atoms with Crippen LogP contribution in [0.3, 0.4) is 0 Å². The Bertz CT molecular complexity index is 552. The van der Waals surface area contributed by atoms with Gasteiger partial charge in [0, 0.05) is 15.6 Å². The maximum Gasteiger partial charge on any atom is 0.0960 e. The van der Waals surface area contributed by atoms with Crippen molar-refractivity contribution in [1.29, 1.82) is 0 Å². The van der Waals surface area contributed by atoms with Crippen LogP contribution in [-0.2, 0) is 0 Å². The molecule has 1 aliphatic rings. The summed E-state index contributed by atoms with van der Waals surface area (Å²) < 4.78 is 0. The maximum absolute atomic E-state index is 5.86. The van der Waals surface area contributed by atoms with Crippen molar-refractivity contribution < 1.29 is 0 Å². The Hall–Kier alpha value is -1.38. The molecule has 0 bridgehead atoms. The average molecular weight is 274 g/mol. The molecule has 0 fully saturated rings. The molecular weight excluding hydrogens is 262 g/mol. The predicted octanol–water partition coefficient (Wildman–Crippen LogP) is 4.90. The molecule has 0 saturated carbocycles. The zero-order valence-electron chi connectivity index (χ0n) is 9.64. The van der Waals surface area contributed by atoms with Gasteiger partial charge < -0.3 is 5.32 Å². The van der Waals surface area contributed by atoms with Gasteiger partial charge in [0.05, 0.1) is 5.37 Å². The monoisotopic (exact) mass is 273 g/mol. The minimum Gasteiger partial charge on any atom is -0.369 e. The van der Waals surface area contributed by atoms with Gasteiger partial charge >= 0.3 is 0 Å². The Morgan fingerprint density at radius 2 is 1.83 bits per heavy atom. The van der Waals surface area contributed by atoms with Crippen LogP contribution in [0.2, 0.25) is 5.02 Å². The molecule has 1 aliphatic heterocycles. The Morgan fingerprint density at radius 3 is 2.61 bits per heavy atom. The normalized spacial score (nSPS) is 17.7. The number of rotatable bonds is 2. The fraction of sp³-hybridized carbons (Fsp3) is 0.0667. The predicted molar refractivity (Wildman–Crippen MR) is 80.2 cm³/mol. The van der Waals surface area contributed by atoms with E-state index < -0.39 is 0 Å². The SMILES string of the molecule is Clc1ccc(/C=C/[C@@H]2Nc3ccccc3S2)cc1. The second-order valence-electron chi connectivity index (χ2n) is 4.09. The largest absolute Gasteiger partial charge is 0.369 e. The summed E-state index contributed by atoms with van der Waals surface area (Å²) in [6.45, 7) is 0. The molecule has 2 aromatic carbocycles. The molecule has 0 saturated heterocycles. The van der Waals surface area contributed by atoms with Crippen molar-refractivity contribution in [1.82, 2.24) is 0 Å². The lowest BCUT2D eigenvalue weighted by molar-refractivity contribution is 1.28. The van der Waals surface area contributed by atoms with Crippen molar-refractivity contribution in [2.45, 2.75) is 10.3 Å². The highest BCUT2D eigenvalue weighted by atomic mass is 35.5. The van der Waals surface area contributed by atoms with Gasteiger partial charge in [-0.1, -0.05) is 59.8 Å². The summed E-state index contributed by atoms with van der Waals surface area (Å²) in [6.07, 6.45) is 4.29. The summed E-state index contributed by atoms with van der Waals surface area (Å²) in [5, 5.41) is 4.54. The zero-order chi connectivity index (χ0) is 12.4. The zero-order valence-corrected chi connectivity index (χ0v) is 11.2. The van der Waals surface area contributed by atoms with E-state index in [-0.39, 0.29) is 0 Å². The Morgan fingerprint density at radius 1 is 1.06 bits per heavy atom. The number of benzene rings is 2. The fourth-order valence-electron chi connectivity index (χ4n) is 1.87.